The van der Waals surface area contributed by atoms with Crippen molar-refractivity contribution in [1.82, 2.24) is 9.80 Å². The molecule has 0 saturated carbocycles. The normalized spacial score (nSPS) is 26.3. The van der Waals surface area contributed by atoms with E-state index in [0.29, 0.717) is 6.04 Å². The number of rotatable bonds is 2. The quantitative estimate of drug-likeness (QED) is 0.701. The van der Waals surface area contributed by atoms with Crippen molar-refractivity contribution in [2.24, 2.45) is 0 Å². The summed E-state index contributed by atoms with van der Waals surface area (Å²) >= 11 is 3.33. The summed E-state index contributed by atoms with van der Waals surface area (Å²) in [5.41, 5.74) is 0. The SMILES string of the molecule is CCC1CN(C(=O)C(C)Br)CCN1C. The average molecular weight is 263 g/mol. The highest BCUT2D eigenvalue weighted by Gasteiger charge is 2.27. The first-order valence-corrected chi connectivity index (χ1v) is 6.11. The fourth-order valence-corrected chi connectivity index (χ4v) is 2.13. The topological polar surface area (TPSA) is 23.6 Å². The second kappa shape index (κ2) is 5.12. The third kappa shape index (κ3) is 2.70. The molecule has 1 aliphatic rings. The highest BCUT2D eigenvalue weighted by Crippen LogP contribution is 2.13. The molecule has 14 heavy (non-hydrogen) atoms. The van der Waals surface area contributed by atoms with Gasteiger partial charge in [-0.2, -0.15) is 0 Å². The Hall–Kier alpha value is -0.0900. The molecule has 2 unspecified atom stereocenters. The zero-order valence-electron chi connectivity index (χ0n) is 9.16. The van der Waals surface area contributed by atoms with Gasteiger partial charge in [0.05, 0.1) is 4.83 Å². The number of alkyl halides is 1. The molecular weight excluding hydrogens is 244 g/mol. The number of amides is 1. The fraction of sp³-hybridized carbons (Fsp3) is 0.900. The van der Waals surface area contributed by atoms with E-state index >= 15 is 0 Å². The van der Waals surface area contributed by atoms with Gasteiger partial charge in [0.2, 0.25) is 5.91 Å². The molecular formula is C10H19BrN2O. The Morgan fingerprint density at radius 1 is 1.57 bits per heavy atom. The molecule has 0 aromatic rings. The number of halogens is 1. The van der Waals surface area contributed by atoms with E-state index in [1.165, 1.54) is 0 Å². The molecule has 1 fully saturated rings. The van der Waals surface area contributed by atoms with E-state index in [9.17, 15) is 4.79 Å². The van der Waals surface area contributed by atoms with Crippen LogP contribution in [0.15, 0.2) is 0 Å². The summed E-state index contributed by atoms with van der Waals surface area (Å²) in [6.07, 6.45) is 1.11. The minimum atomic E-state index is -0.0524. The smallest absolute Gasteiger partial charge is 0.236 e. The molecule has 1 amide bonds. The van der Waals surface area contributed by atoms with Crippen LogP contribution in [0.5, 0.6) is 0 Å². The molecule has 0 N–H and O–H groups in total. The largest absolute Gasteiger partial charge is 0.339 e. The van der Waals surface area contributed by atoms with Crippen LogP contribution in [0.25, 0.3) is 0 Å². The molecule has 3 nitrogen and oxygen atoms in total. The van der Waals surface area contributed by atoms with E-state index in [0.717, 1.165) is 26.1 Å². The van der Waals surface area contributed by atoms with Gasteiger partial charge >= 0.3 is 0 Å². The van der Waals surface area contributed by atoms with Gasteiger partial charge in [0.15, 0.2) is 0 Å². The Kier molecular flexibility index (Phi) is 4.38. The van der Waals surface area contributed by atoms with Crippen molar-refractivity contribution in [2.75, 3.05) is 26.7 Å². The van der Waals surface area contributed by atoms with Crippen LogP contribution in [0.2, 0.25) is 0 Å². The fourth-order valence-electron chi connectivity index (χ4n) is 1.84. The molecule has 0 spiro atoms. The molecule has 82 valence electrons. The van der Waals surface area contributed by atoms with Crippen molar-refractivity contribution in [3.8, 4) is 0 Å². The lowest BCUT2D eigenvalue weighted by Gasteiger charge is -2.39. The van der Waals surface area contributed by atoms with Crippen LogP contribution in [-0.2, 0) is 4.79 Å². The zero-order valence-corrected chi connectivity index (χ0v) is 10.7. The summed E-state index contributed by atoms with van der Waals surface area (Å²) in [7, 11) is 2.13. The van der Waals surface area contributed by atoms with E-state index in [4.69, 9.17) is 0 Å². The van der Waals surface area contributed by atoms with Crippen molar-refractivity contribution in [3.05, 3.63) is 0 Å². The van der Waals surface area contributed by atoms with Crippen LogP contribution in [0.1, 0.15) is 20.3 Å². The lowest BCUT2D eigenvalue weighted by Crippen LogP contribution is -2.54. The van der Waals surface area contributed by atoms with Gasteiger partial charge < -0.3 is 4.90 Å². The van der Waals surface area contributed by atoms with Gasteiger partial charge in [-0.3, -0.25) is 9.69 Å². The van der Waals surface area contributed by atoms with E-state index in [1.807, 2.05) is 11.8 Å². The van der Waals surface area contributed by atoms with Crippen LogP contribution in [0, 0.1) is 0 Å². The third-order valence-corrected chi connectivity index (χ3v) is 3.29. The van der Waals surface area contributed by atoms with E-state index in [2.05, 4.69) is 34.8 Å². The van der Waals surface area contributed by atoms with Crippen LogP contribution < -0.4 is 0 Å². The maximum absolute atomic E-state index is 11.7. The number of likely N-dealkylation sites (N-methyl/N-ethyl adjacent to an activating group) is 1. The molecule has 0 bridgehead atoms. The van der Waals surface area contributed by atoms with Gasteiger partial charge in [-0.1, -0.05) is 22.9 Å². The zero-order chi connectivity index (χ0) is 10.7. The summed E-state index contributed by atoms with van der Waals surface area (Å²) in [6.45, 7) is 6.79. The van der Waals surface area contributed by atoms with Gasteiger partial charge in [-0.25, -0.2) is 0 Å². The standard InChI is InChI=1S/C10H19BrN2O/c1-4-9-7-13(6-5-12(9)3)10(14)8(2)11/h8-9H,4-7H2,1-3H3. The third-order valence-electron chi connectivity index (χ3n) is 2.90. The molecule has 1 saturated heterocycles. The molecule has 0 aliphatic carbocycles. The predicted molar refractivity (Wildman–Crippen MR) is 61.7 cm³/mol. The van der Waals surface area contributed by atoms with Crippen molar-refractivity contribution in [2.45, 2.75) is 31.1 Å². The Morgan fingerprint density at radius 2 is 2.21 bits per heavy atom. The van der Waals surface area contributed by atoms with Gasteiger partial charge in [-0.05, 0) is 20.4 Å². The van der Waals surface area contributed by atoms with Crippen LogP contribution in [-0.4, -0.2) is 53.3 Å². The van der Waals surface area contributed by atoms with E-state index in [-0.39, 0.29) is 10.7 Å². The molecule has 0 radical (unpaired) electrons. The molecule has 4 heteroatoms. The van der Waals surface area contributed by atoms with E-state index in [1.54, 1.807) is 0 Å². The lowest BCUT2D eigenvalue weighted by molar-refractivity contribution is -0.132. The Morgan fingerprint density at radius 3 is 2.71 bits per heavy atom. The molecule has 2 atom stereocenters. The Balaban J connectivity index is 2.54. The molecule has 1 rings (SSSR count). The number of carbonyl (C=O) groups is 1. The maximum Gasteiger partial charge on any atom is 0.236 e. The second-order valence-corrected chi connectivity index (χ2v) is 5.32. The molecule has 1 heterocycles. The lowest BCUT2D eigenvalue weighted by atomic mass is 10.1. The number of carbonyl (C=O) groups excluding carboxylic acids is 1. The monoisotopic (exact) mass is 262 g/mol. The summed E-state index contributed by atoms with van der Waals surface area (Å²) in [6, 6.07) is 0.527. The number of piperazine rings is 1. The van der Waals surface area contributed by atoms with Gasteiger partial charge in [0, 0.05) is 25.7 Å². The summed E-state index contributed by atoms with van der Waals surface area (Å²) in [4.78, 5) is 16.0. The van der Waals surface area contributed by atoms with Crippen LogP contribution in [0.3, 0.4) is 0 Å². The number of hydrogen-bond donors (Lipinski definition) is 0. The van der Waals surface area contributed by atoms with Crippen molar-refractivity contribution in [1.29, 1.82) is 0 Å². The number of nitrogens with zero attached hydrogens (tertiary/aromatic N) is 2. The van der Waals surface area contributed by atoms with Crippen molar-refractivity contribution < 1.29 is 4.79 Å². The van der Waals surface area contributed by atoms with Crippen molar-refractivity contribution >= 4 is 21.8 Å². The van der Waals surface area contributed by atoms with Crippen LogP contribution >= 0.6 is 15.9 Å². The van der Waals surface area contributed by atoms with Gasteiger partial charge in [-0.15, -0.1) is 0 Å². The minimum Gasteiger partial charge on any atom is -0.339 e. The Labute approximate surface area is 94.6 Å². The predicted octanol–water partition coefficient (Wildman–Crippen LogP) is 1.32. The van der Waals surface area contributed by atoms with Crippen LogP contribution in [0.4, 0.5) is 0 Å². The molecule has 1 aliphatic heterocycles. The van der Waals surface area contributed by atoms with Gasteiger partial charge in [0.1, 0.15) is 0 Å². The molecule has 0 aromatic carbocycles. The first kappa shape index (κ1) is 12.0. The highest BCUT2D eigenvalue weighted by molar-refractivity contribution is 9.10. The number of hydrogen-bond acceptors (Lipinski definition) is 2. The second-order valence-electron chi connectivity index (χ2n) is 3.94. The maximum atomic E-state index is 11.7. The highest BCUT2D eigenvalue weighted by atomic mass is 79.9. The summed E-state index contributed by atoms with van der Waals surface area (Å²) in [5.74, 6) is 0.219. The van der Waals surface area contributed by atoms with Crippen molar-refractivity contribution in [3.63, 3.8) is 0 Å². The van der Waals surface area contributed by atoms with E-state index < -0.39 is 0 Å². The Bertz CT molecular complexity index is 208. The first-order valence-electron chi connectivity index (χ1n) is 5.19. The summed E-state index contributed by atoms with van der Waals surface area (Å²) < 4.78 is 0. The molecule has 0 aromatic heterocycles. The minimum absolute atomic E-state index is 0.0524. The first-order chi connectivity index (χ1) is 6.56. The average Bonchev–Trinajstić information content (AvgIpc) is 2.17. The van der Waals surface area contributed by atoms with Gasteiger partial charge in [0.25, 0.3) is 0 Å². The summed E-state index contributed by atoms with van der Waals surface area (Å²) in [5, 5.41) is 0.